The third-order valence-corrected chi connectivity index (χ3v) is 3.51. The topological polar surface area (TPSA) is 41.1 Å². The molecule has 1 amide bonds. The predicted octanol–water partition coefficient (Wildman–Crippen LogP) is 3.89. The van der Waals surface area contributed by atoms with Crippen molar-refractivity contribution in [3.05, 3.63) is 65.7 Å². The molecule has 0 spiro atoms. The van der Waals surface area contributed by atoms with E-state index in [0.717, 1.165) is 23.8 Å². The van der Waals surface area contributed by atoms with Gasteiger partial charge in [-0.2, -0.15) is 0 Å². The van der Waals surface area contributed by atoms with Crippen LogP contribution in [0.15, 0.2) is 48.5 Å². The van der Waals surface area contributed by atoms with Gasteiger partial charge in [0.25, 0.3) is 0 Å². The largest absolute Gasteiger partial charge is 0.322 e. The van der Waals surface area contributed by atoms with Gasteiger partial charge in [0, 0.05) is 12.1 Å². The van der Waals surface area contributed by atoms with Crippen molar-refractivity contribution in [1.82, 2.24) is 5.32 Å². The summed E-state index contributed by atoms with van der Waals surface area (Å²) in [5.41, 5.74) is 0.921. The molecular weight excluding hydrogens is 298 g/mol. The first-order chi connectivity index (χ1) is 11.0. The number of anilines is 1. The molecule has 0 heterocycles. The van der Waals surface area contributed by atoms with Gasteiger partial charge in [-0.1, -0.05) is 44.2 Å². The lowest BCUT2D eigenvalue weighted by atomic mass is 9.96. The second-order valence-corrected chi connectivity index (χ2v) is 5.69. The van der Waals surface area contributed by atoms with Gasteiger partial charge < -0.3 is 10.6 Å². The van der Waals surface area contributed by atoms with Crippen LogP contribution in [0.5, 0.6) is 0 Å². The zero-order valence-corrected chi connectivity index (χ0v) is 13.1. The summed E-state index contributed by atoms with van der Waals surface area (Å²) in [4.78, 5) is 12.0. The van der Waals surface area contributed by atoms with Gasteiger partial charge in [0.1, 0.15) is 11.6 Å². The average Bonchev–Trinajstić information content (AvgIpc) is 2.52. The quantitative estimate of drug-likeness (QED) is 0.848. The van der Waals surface area contributed by atoms with E-state index in [1.54, 1.807) is 0 Å². The van der Waals surface area contributed by atoms with Crippen LogP contribution in [-0.4, -0.2) is 12.5 Å². The molecule has 0 radical (unpaired) electrons. The molecule has 1 atom stereocenters. The molecular formula is C18H20F2N2O. The van der Waals surface area contributed by atoms with Gasteiger partial charge in [0.15, 0.2) is 0 Å². The van der Waals surface area contributed by atoms with Crippen molar-refractivity contribution in [3.63, 3.8) is 0 Å². The van der Waals surface area contributed by atoms with Crippen molar-refractivity contribution in [3.8, 4) is 0 Å². The number of halogens is 2. The van der Waals surface area contributed by atoms with Crippen LogP contribution < -0.4 is 10.6 Å². The number of hydrogen-bond acceptors (Lipinski definition) is 2. The second-order valence-electron chi connectivity index (χ2n) is 5.69. The van der Waals surface area contributed by atoms with Crippen LogP contribution >= 0.6 is 0 Å². The third-order valence-electron chi connectivity index (χ3n) is 3.51. The molecule has 122 valence electrons. The molecule has 5 heteroatoms. The summed E-state index contributed by atoms with van der Waals surface area (Å²) >= 11 is 0. The molecule has 2 N–H and O–H groups in total. The second kappa shape index (κ2) is 7.83. The molecule has 0 aliphatic rings. The van der Waals surface area contributed by atoms with E-state index in [2.05, 4.69) is 24.5 Å². The van der Waals surface area contributed by atoms with E-state index in [-0.39, 0.29) is 24.2 Å². The first kappa shape index (κ1) is 17.1. The van der Waals surface area contributed by atoms with E-state index < -0.39 is 17.5 Å². The standard InChI is InChI=1S/C18H20F2N2O/c1-12(2)18(13-6-4-3-5-7-13)21-11-17(23)22-16-10-14(19)8-9-15(16)20/h3-10,12,18,21H,11H2,1-2H3,(H,22,23)/t18-/m0/s1. The highest BCUT2D eigenvalue weighted by molar-refractivity contribution is 5.92. The van der Waals surface area contributed by atoms with Gasteiger partial charge >= 0.3 is 0 Å². The molecule has 0 aliphatic carbocycles. The number of nitrogens with one attached hydrogen (secondary N) is 2. The highest BCUT2D eigenvalue weighted by Crippen LogP contribution is 2.21. The lowest BCUT2D eigenvalue weighted by Crippen LogP contribution is -2.33. The molecule has 0 fully saturated rings. The number of hydrogen-bond donors (Lipinski definition) is 2. The lowest BCUT2D eigenvalue weighted by Gasteiger charge is -2.22. The summed E-state index contributed by atoms with van der Waals surface area (Å²) in [5.74, 6) is -1.41. The minimum absolute atomic E-state index is 0.000642. The Morgan fingerprint density at radius 3 is 2.43 bits per heavy atom. The van der Waals surface area contributed by atoms with Crippen LogP contribution in [0.4, 0.5) is 14.5 Å². The number of amides is 1. The molecule has 2 aromatic rings. The average molecular weight is 318 g/mol. The monoisotopic (exact) mass is 318 g/mol. The van der Waals surface area contributed by atoms with Gasteiger partial charge in [0.2, 0.25) is 5.91 Å². The van der Waals surface area contributed by atoms with Gasteiger partial charge in [0.05, 0.1) is 12.2 Å². The molecule has 2 aromatic carbocycles. The molecule has 0 bridgehead atoms. The van der Waals surface area contributed by atoms with Gasteiger partial charge in [-0.25, -0.2) is 8.78 Å². The summed E-state index contributed by atoms with van der Waals surface area (Å²) in [6.45, 7) is 4.11. The maximum absolute atomic E-state index is 13.5. The minimum Gasteiger partial charge on any atom is -0.322 e. The van der Waals surface area contributed by atoms with Crippen LogP contribution in [0, 0.1) is 17.6 Å². The third kappa shape index (κ3) is 4.86. The van der Waals surface area contributed by atoms with Gasteiger partial charge in [-0.15, -0.1) is 0 Å². The van der Waals surface area contributed by atoms with E-state index in [4.69, 9.17) is 0 Å². The molecule has 0 aliphatic heterocycles. The van der Waals surface area contributed by atoms with Crippen LogP contribution in [-0.2, 0) is 4.79 Å². The number of carbonyl (C=O) groups excluding carboxylic acids is 1. The first-order valence-electron chi connectivity index (χ1n) is 7.50. The lowest BCUT2D eigenvalue weighted by molar-refractivity contribution is -0.115. The van der Waals surface area contributed by atoms with Gasteiger partial charge in [-0.05, 0) is 23.6 Å². The van der Waals surface area contributed by atoms with Gasteiger partial charge in [-0.3, -0.25) is 4.79 Å². The van der Waals surface area contributed by atoms with Crippen LogP contribution in [0.25, 0.3) is 0 Å². The van der Waals surface area contributed by atoms with E-state index in [1.165, 1.54) is 0 Å². The Morgan fingerprint density at radius 2 is 1.78 bits per heavy atom. The fraction of sp³-hybridized carbons (Fsp3) is 0.278. The maximum atomic E-state index is 13.5. The normalized spacial score (nSPS) is 12.2. The van der Waals surface area contributed by atoms with Crippen LogP contribution in [0.3, 0.4) is 0 Å². The van der Waals surface area contributed by atoms with Crippen molar-refractivity contribution < 1.29 is 13.6 Å². The Hall–Kier alpha value is -2.27. The zero-order chi connectivity index (χ0) is 16.8. The number of benzene rings is 2. The van der Waals surface area contributed by atoms with Crippen molar-refractivity contribution in [2.24, 2.45) is 5.92 Å². The van der Waals surface area contributed by atoms with Crippen molar-refractivity contribution in [1.29, 1.82) is 0 Å². The molecule has 23 heavy (non-hydrogen) atoms. The molecule has 2 rings (SSSR count). The van der Waals surface area contributed by atoms with Crippen molar-refractivity contribution >= 4 is 11.6 Å². The maximum Gasteiger partial charge on any atom is 0.238 e. The van der Waals surface area contributed by atoms with Crippen LogP contribution in [0.2, 0.25) is 0 Å². The highest BCUT2D eigenvalue weighted by Gasteiger charge is 2.16. The molecule has 0 aromatic heterocycles. The summed E-state index contributed by atoms with van der Waals surface area (Å²) < 4.78 is 26.6. The zero-order valence-electron chi connectivity index (χ0n) is 13.1. The smallest absolute Gasteiger partial charge is 0.238 e. The fourth-order valence-electron chi connectivity index (χ4n) is 2.39. The van der Waals surface area contributed by atoms with Crippen molar-refractivity contribution in [2.45, 2.75) is 19.9 Å². The van der Waals surface area contributed by atoms with E-state index in [0.29, 0.717) is 0 Å². The SMILES string of the molecule is CC(C)[C@H](NCC(=O)Nc1cc(F)ccc1F)c1ccccc1. The van der Waals surface area contributed by atoms with E-state index >= 15 is 0 Å². The predicted molar refractivity (Wildman–Crippen MR) is 87.0 cm³/mol. The summed E-state index contributed by atoms with van der Waals surface area (Å²) in [6.07, 6.45) is 0. The molecule has 0 saturated carbocycles. The highest BCUT2D eigenvalue weighted by atomic mass is 19.1. The van der Waals surface area contributed by atoms with E-state index in [1.807, 2.05) is 30.3 Å². The minimum atomic E-state index is -0.664. The first-order valence-corrected chi connectivity index (χ1v) is 7.50. The van der Waals surface area contributed by atoms with Crippen LogP contribution in [0.1, 0.15) is 25.5 Å². The molecule has 3 nitrogen and oxygen atoms in total. The van der Waals surface area contributed by atoms with Crippen molar-refractivity contribution in [2.75, 3.05) is 11.9 Å². The Bertz CT molecular complexity index is 659. The van der Waals surface area contributed by atoms with E-state index in [9.17, 15) is 13.6 Å². The summed E-state index contributed by atoms with van der Waals surface area (Å²) in [7, 11) is 0. The summed E-state index contributed by atoms with van der Waals surface area (Å²) in [6, 6.07) is 12.7. The Morgan fingerprint density at radius 1 is 1.09 bits per heavy atom. The Labute approximate surface area is 134 Å². The Kier molecular flexibility index (Phi) is 5.82. The molecule has 0 unspecified atom stereocenters. The fourth-order valence-corrected chi connectivity index (χ4v) is 2.39. The summed E-state index contributed by atoms with van der Waals surface area (Å²) in [5, 5.41) is 5.54. The number of carbonyl (C=O) groups is 1. The number of rotatable bonds is 6. The molecule has 0 saturated heterocycles. The Balaban J connectivity index is 1.98.